The van der Waals surface area contributed by atoms with Gasteiger partial charge in [-0.2, -0.15) is 5.26 Å². The number of rotatable bonds is 6. The lowest BCUT2D eigenvalue weighted by Crippen LogP contribution is -2.23. The molecule has 0 aliphatic rings. The van der Waals surface area contributed by atoms with E-state index in [0.717, 1.165) is 10.8 Å². The minimum atomic E-state index is -0.653. The van der Waals surface area contributed by atoms with Crippen LogP contribution in [0.3, 0.4) is 0 Å². The molecule has 7 heteroatoms. The maximum absolute atomic E-state index is 11.8. The van der Waals surface area contributed by atoms with Gasteiger partial charge in [-0.3, -0.25) is 4.79 Å². The van der Waals surface area contributed by atoms with E-state index in [2.05, 4.69) is 5.32 Å². The van der Waals surface area contributed by atoms with Gasteiger partial charge in [-0.15, -0.1) is 11.3 Å². The Labute approximate surface area is 153 Å². The van der Waals surface area contributed by atoms with Crippen LogP contribution in [-0.4, -0.2) is 25.1 Å². The fourth-order valence-corrected chi connectivity index (χ4v) is 3.06. The second-order valence-electron chi connectivity index (χ2n) is 5.25. The maximum Gasteiger partial charge on any atom is 0.344 e. The second-order valence-corrected chi connectivity index (χ2v) is 6.17. The number of hydrogen-bond donors (Lipinski definition) is 1. The summed E-state index contributed by atoms with van der Waals surface area (Å²) in [6.45, 7) is -0.746. The van der Waals surface area contributed by atoms with Gasteiger partial charge in [-0.25, -0.2) is 4.79 Å². The fraction of sp³-hybridized carbons (Fsp3) is 0.105. The molecule has 0 spiro atoms. The van der Waals surface area contributed by atoms with Crippen LogP contribution in [0, 0.1) is 11.3 Å². The Morgan fingerprint density at radius 1 is 1.08 bits per heavy atom. The Hall–Kier alpha value is -3.37. The van der Waals surface area contributed by atoms with Crippen LogP contribution >= 0.6 is 11.3 Å². The molecule has 26 heavy (non-hydrogen) atoms. The van der Waals surface area contributed by atoms with Crippen molar-refractivity contribution < 1.29 is 19.1 Å². The first kappa shape index (κ1) is 17.5. The molecule has 0 aliphatic heterocycles. The van der Waals surface area contributed by atoms with Crippen LogP contribution in [0.4, 0.5) is 5.00 Å². The minimum absolute atomic E-state index is 0.302. The number of anilines is 1. The number of carbonyl (C=O) groups is 2. The van der Waals surface area contributed by atoms with Crippen molar-refractivity contribution in [3.8, 4) is 11.8 Å². The Bertz CT molecular complexity index is 985. The molecular weight excluding hydrogens is 352 g/mol. The summed E-state index contributed by atoms with van der Waals surface area (Å²) in [5.41, 5.74) is 0.369. The van der Waals surface area contributed by atoms with Crippen molar-refractivity contribution in [1.29, 1.82) is 5.26 Å². The molecule has 0 bridgehead atoms. The third-order valence-corrected chi connectivity index (χ3v) is 4.33. The molecule has 1 aromatic heterocycles. The SMILES string of the molecule is N#Cc1ccsc1NC(=O)COC(=O)COc1cccc2ccccc12. The zero-order chi connectivity index (χ0) is 18.4. The van der Waals surface area contributed by atoms with Crippen molar-refractivity contribution in [1.82, 2.24) is 0 Å². The van der Waals surface area contributed by atoms with Gasteiger partial charge in [0.05, 0.1) is 5.56 Å². The zero-order valence-corrected chi connectivity index (χ0v) is 14.4. The Kier molecular flexibility index (Phi) is 5.46. The van der Waals surface area contributed by atoms with E-state index in [1.165, 1.54) is 11.3 Å². The summed E-state index contributed by atoms with van der Waals surface area (Å²) >= 11 is 1.23. The molecule has 0 fully saturated rings. The quantitative estimate of drug-likeness (QED) is 0.676. The first-order valence-corrected chi connectivity index (χ1v) is 8.59. The van der Waals surface area contributed by atoms with Crippen LogP contribution in [-0.2, 0) is 14.3 Å². The van der Waals surface area contributed by atoms with Gasteiger partial charge in [0.15, 0.2) is 13.2 Å². The summed E-state index contributed by atoms with van der Waals surface area (Å²) in [5, 5.41) is 15.4. The van der Waals surface area contributed by atoms with Crippen LogP contribution in [0.15, 0.2) is 53.9 Å². The number of carbonyl (C=O) groups excluding carboxylic acids is 2. The lowest BCUT2D eigenvalue weighted by atomic mass is 10.1. The van der Waals surface area contributed by atoms with Gasteiger partial charge in [-0.05, 0) is 22.9 Å². The Morgan fingerprint density at radius 2 is 1.88 bits per heavy atom. The second kappa shape index (κ2) is 8.14. The lowest BCUT2D eigenvalue weighted by molar-refractivity contribution is -0.149. The summed E-state index contributed by atoms with van der Waals surface area (Å²) in [4.78, 5) is 23.6. The van der Waals surface area contributed by atoms with Gasteiger partial charge in [0.25, 0.3) is 5.91 Å². The maximum atomic E-state index is 11.8. The predicted molar refractivity (Wildman–Crippen MR) is 98.1 cm³/mol. The smallest absolute Gasteiger partial charge is 0.344 e. The highest BCUT2D eigenvalue weighted by atomic mass is 32.1. The van der Waals surface area contributed by atoms with Crippen molar-refractivity contribution in [2.45, 2.75) is 0 Å². The van der Waals surface area contributed by atoms with Crippen molar-refractivity contribution in [2.24, 2.45) is 0 Å². The molecule has 2 aromatic carbocycles. The van der Waals surface area contributed by atoms with E-state index < -0.39 is 18.5 Å². The molecule has 0 saturated heterocycles. The van der Waals surface area contributed by atoms with Gasteiger partial charge in [0.2, 0.25) is 0 Å². The van der Waals surface area contributed by atoms with Gasteiger partial charge in [-0.1, -0.05) is 36.4 Å². The van der Waals surface area contributed by atoms with Crippen LogP contribution in [0.25, 0.3) is 10.8 Å². The number of esters is 1. The van der Waals surface area contributed by atoms with E-state index in [0.29, 0.717) is 16.3 Å². The number of ether oxygens (including phenoxy) is 2. The molecule has 0 aliphatic carbocycles. The molecule has 1 N–H and O–H groups in total. The number of thiophene rings is 1. The van der Waals surface area contributed by atoms with E-state index in [-0.39, 0.29) is 6.61 Å². The normalized spacial score (nSPS) is 10.1. The van der Waals surface area contributed by atoms with Gasteiger partial charge in [0, 0.05) is 5.39 Å². The van der Waals surface area contributed by atoms with Crippen molar-refractivity contribution >= 4 is 39.0 Å². The third-order valence-electron chi connectivity index (χ3n) is 3.50. The highest BCUT2D eigenvalue weighted by molar-refractivity contribution is 7.14. The highest BCUT2D eigenvalue weighted by Crippen LogP contribution is 2.25. The van der Waals surface area contributed by atoms with Crippen molar-refractivity contribution in [3.63, 3.8) is 0 Å². The van der Waals surface area contributed by atoms with Crippen LogP contribution in [0.2, 0.25) is 0 Å². The summed E-state index contributed by atoms with van der Waals surface area (Å²) in [6, 6.07) is 16.8. The van der Waals surface area contributed by atoms with Crippen LogP contribution in [0.5, 0.6) is 5.75 Å². The zero-order valence-electron chi connectivity index (χ0n) is 13.6. The highest BCUT2D eigenvalue weighted by Gasteiger charge is 2.12. The molecule has 130 valence electrons. The standard InChI is InChI=1S/C19H14N2O4S/c20-10-14-8-9-26-19(14)21-17(22)11-25-18(23)12-24-16-7-3-5-13-4-1-2-6-15(13)16/h1-9H,11-12H2,(H,21,22). The topological polar surface area (TPSA) is 88.4 Å². The largest absolute Gasteiger partial charge is 0.481 e. The first-order valence-electron chi connectivity index (χ1n) is 7.71. The summed E-state index contributed by atoms with van der Waals surface area (Å²) in [5.74, 6) is -0.594. The van der Waals surface area contributed by atoms with Crippen molar-refractivity contribution in [2.75, 3.05) is 18.5 Å². The number of fused-ring (bicyclic) bond motifs is 1. The van der Waals surface area contributed by atoms with E-state index in [9.17, 15) is 9.59 Å². The minimum Gasteiger partial charge on any atom is -0.481 e. The first-order chi connectivity index (χ1) is 12.7. The van der Waals surface area contributed by atoms with E-state index in [1.54, 1.807) is 17.5 Å². The molecule has 0 unspecified atom stereocenters. The summed E-state index contributed by atoms with van der Waals surface area (Å²) in [6.07, 6.45) is 0. The molecule has 3 aromatic rings. The van der Waals surface area contributed by atoms with Crippen LogP contribution in [0.1, 0.15) is 5.56 Å². The number of benzene rings is 2. The lowest BCUT2D eigenvalue weighted by Gasteiger charge is -2.09. The molecular formula is C19H14N2O4S. The average Bonchev–Trinajstić information content (AvgIpc) is 3.11. The molecule has 0 saturated carbocycles. The third kappa shape index (κ3) is 4.18. The number of nitrogens with one attached hydrogen (secondary N) is 1. The molecule has 1 heterocycles. The molecule has 1 amide bonds. The van der Waals surface area contributed by atoms with Gasteiger partial charge >= 0.3 is 5.97 Å². The molecule has 0 atom stereocenters. The Morgan fingerprint density at radius 3 is 2.73 bits per heavy atom. The number of hydrogen-bond acceptors (Lipinski definition) is 6. The van der Waals surface area contributed by atoms with E-state index >= 15 is 0 Å². The summed E-state index contributed by atoms with van der Waals surface area (Å²) in [7, 11) is 0. The number of nitrogens with zero attached hydrogens (tertiary/aromatic N) is 1. The van der Waals surface area contributed by atoms with E-state index in [1.807, 2.05) is 42.5 Å². The molecule has 6 nitrogen and oxygen atoms in total. The van der Waals surface area contributed by atoms with Crippen LogP contribution < -0.4 is 10.1 Å². The average molecular weight is 366 g/mol. The van der Waals surface area contributed by atoms with Crippen molar-refractivity contribution in [3.05, 3.63) is 59.5 Å². The monoisotopic (exact) mass is 366 g/mol. The molecule has 3 rings (SSSR count). The van der Waals surface area contributed by atoms with Gasteiger partial charge < -0.3 is 14.8 Å². The number of amides is 1. The van der Waals surface area contributed by atoms with E-state index in [4.69, 9.17) is 14.7 Å². The summed E-state index contributed by atoms with van der Waals surface area (Å²) < 4.78 is 10.4. The predicted octanol–water partition coefficient (Wildman–Crippen LogP) is 3.33. The fourth-order valence-electron chi connectivity index (χ4n) is 2.30. The number of nitriles is 1. The molecule has 0 radical (unpaired) electrons. The Balaban J connectivity index is 1.50. The van der Waals surface area contributed by atoms with Gasteiger partial charge in [0.1, 0.15) is 16.8 Å².